The fourth-order valence-electron chi connectivity index (χ4n) is 3.15. The minimum absolute atomic E-state index is 0.298. The molecule has 208 valence electrons. The maximum absolute atomic E-state index is 12.3. The van der Waals surface area contributed by atoms with Crippen LogP contribution in [0.25, 0.3) is 0 Å². The van der Waals surface area contributed by atoms with Crippen molar-refractivity contribution in [2.24, 2.45) is 5.10 Å². The van der Waals surface area contributed by atoms with Crippen LogP contribution in [-0.2, 0) is 14.4 Å². The molecule has 0 bridgehead atoms. The summed E-state index contributed by atoms with van der Waals surface area (Å²) in [6.07, 6.45) is 2.95. The number of carbonyl (C=O) groups is 3. The number of nitrogens with zero attached hydrogens (tertiary/aromatic N) is 1. The van der Waals surface area contributed by atoms with Crippen LogP contribution in [0.1, 0.15) is 12.5 Å². The summed E-state index contributed by atoms with van der Waals surface area (Å²) in [5.74, 6) is -1.00. The van der Waals surface area contributed by atoms with E-state index in [0.29, 0.717) is 57.4 Å². The smallest absolute Gasteiger partial charge is 0.329 e. The molecule has 0 aliphatic heterocycles. The number of benzene rings is 3. The van der Waals surface area contributed by atoms with Crippen LogP contribution >= 0.6 is 23.2 Å². The molecule has 10 nitrogen and oxygen atoms in total. The first-order valence-corrected chi connectivity index (χ1v) is 12.7. The zero-order valence-electron chi connectivity index (χ0n) is 21.4. The minimum atomic E-state index is -0.958. The summed E-state index contributed by atoms with van der Waals surface area (Å²) in [4.78, 5) is 36.6. The first kappa shape index (κ1) is 30.0. The molecule has 0 aromatic heterocycles. The Bertz CT molecular complexity index is 1380. The topological polar surface area (TPSA) is 127 Å². The summed E-state index contributed by atoms with van der Waals surface area (Å²) < 4.78 is 16.6. The van der Waals surface area contributed by atoms with Crippen LogP contribution in [0.4, 0.5) is 11.4 Å². The molecule has 0 fully saturated rings. The summed E-state index contributed by atoms with van der Waals surface area (Å²) in [7, 11) is 0. The molecule has 0 saturated heterocycles. The second-order valence-electron chi connectivity index (χ2n) is 7.91. The molecule has 0 saturated carbocycles. The molecule has 3 aromatic carbocycles. The van der Waals surface area contributed by atoms with Crippen molar-refractivity contribution in [2.45, 2.75) is 6.92 Å². The molecular formula is C28H26Cl2N4O6. The highest BCUT2D eigenvalue weighted by Crippen LogP contribution is 2.28. The maximum Gasteiger partial charge on any atom is 0.329 e. The molecule has 12 heteroatoms. The third-order valence-corrected chi connectivity index (χ3v) is 5.28. The summed E-state index contributed by atoms with van der Waals surface area (Å²) in [5, 5.41) is 9.71. The summed E-state index contributed by atoms with van der Waals surface area (Å²) in [6.45, 7) is 5.76. The molecule has 0 spiro atoms. The lowest BCUT2D eigenvalue weighted by Crippen LogP contribution is -2.32. The lowest BCUT2D eigenvalue weighted by Gasteiger charge is -2.13. The predicted octanol–water partition coefficient (Wildman–Crippen LogP) is 5.06. The number of anilines is 2. The van der Waals surface area contributed by atoms with Gasteiger partial charge in [-0.25, -0.2) is 5.43 Å². The van der Waals surface area contributed by atoms with Crippen LogP contribution in [0.15, 0.2) is 78.4 Å². The van der Waals surface area contributed by atoms with Crippen molar-refractivity contribution in [3.8, 4) is 17.2 Å². The minimum Gasteiger partial charge on any atom is -0.490 e. The molecule has 0 atom stereocenters. The number of carbonyl (C=O) groups excluding carboxylic acids is 3. The average molecular weight is 585 g/mol. The van der Waals surface area contributed by atoms with Gasteiger partial charge in [0.2, 0.25) is 0 Å². The van der Waals surface area contributed by atoms with Crippen molar-refractivity contribution in [3.63, 3.8) is 0 Å². The number of nitrogens with one attached hydrogen (secondary N) is 3. The first-order chi connectivity index (χ1) is 19.3. The Morgan fingerprint density at radius 3 is 2.25 bits per heavy atom. The number of amides is 3. The highest BCUT2D eigenvalue weighted by Gasteiger charge is 2.13. The Morgan fingerprint density at radius 2 is 1.57 bits per heavy atom. The SMILES string of the molecule is C=CCOc1ccc(NC(=O)C(=O)N/N=C\c2ccc(OCC(=O)Nc3cc(Cl)cc(Cl)c3)c(OCC)c2)cc1. The van der Waals surface area contributed by atoms with Gasteiger partial charge in [0.05, 0.1) is 12.8 Å². The van der Waals surface area contributed by atoms with Crippen molar-refractivity contribution in [1.29, 1.82) is 0 Å². The van der Waals surface area contributed by atoms with Gasteiger partial charge >= 0.3 is 11.8 Å². The number of rotatable bonds is 12. The van der Waals surface area contributed by atoms with Crippen molar-refractivity contribution < 1.29 is 28.6 Å². The van der Waals surface area contributed by atoms with E-state index in [1.54, 1.807) is 73.7 Å². The molecule has 0 aliphatic rings. The van der Waals surface area contributed by atoms with E-state index in [2.05, 4.69) is 27.7 Å². The van der Waals surface area contributed by atoms with E-state index < -0.39 is 17.7 Å². The molecule has 3 rings (SSSR count). The largest absolute Gasteiger partial charge is 0.490 e. The van der Waals surface area contributed by atoms with Crippen LogP contribution in [0.2, 0.25) is 10.0 Å². The summed E-state index contributed by atoms with van der Waals surface area (Å²) in [6, 6.07) is 16.0. The predicted molar refractivity (Wildman–Crippen MR) is 155 cm³/mol. The Hall–Kier alpha value is -4.54. The average Bonchev–Trinajstić information content (AvgIpc) is 2.91. The highest BCUT2D eigenvalue weighted by atomic mass is 35.5. The number of halogens is 2. The second kappa shape index (κ2) is 15.2. The van der Waals surface area contributed by atoms with E-state index in [-0.39, 0.29) is 6.61 Å². The number of hydrazone groups is 1. The lowest BCUT2D eigenvalue weighted by atomic mass is 10.2. The van der Waals surface area contributed by atoms with Gasteiger partial charge < -0.3 is 24.8 Å². The van der Waals surface area contributed by atoms with E-state index >= 15 is 0 Å². The fourth-order valence-corrected chi connectivity index (χ4v) is 3.68. The van der Waals surface area contributed by atoms with Gasteiger partial charge in [0.25, 0.3) is 5.91 Å². The molecule has 0 radical (unpaired) electrons. The fraction of sp³-hybridized carbons (Fsp3) is 0.143. The van der Waals surface area contributed by atoms with Crippen molar-refractivity contribution in [2.75, 3.05) is 30.5 Å². The monoisotopic (exact) mass is 584 g/mol. The third-order valence-electron chi connectivity index (χ3n) is 4.84. The highest BCUT2D eigenvalue weighted by molar-refractivity contribution is 6.39. The zero-order valence-corrected chi connectivity index (χ0v) is 22.9. The van der Waals surface area contributed by atoms with Crippen LogP contribution in [0.5, 0.6) is 17.2 Å². The summed E-state index contributed by atoms with van der Waals surface area (Å²) in [5.41, 5.74) is 3.56. The Kier molecular flexibility index (Phi) is 11.4. The van der Waals surface area contributed by atoms with Gasteiger partial charge in [0, 0.05) is 21.4 Å². The number of ether oxygens (including phenoxy) is 3. The molecule has 3 aromatic rings. The van der Waals surface area contributed by atoms with Crippen LogP contribution in [-0.4, -0.2) is 43.8 Å². The van der Waals surface area contributed by atoms with Gasteiger partial charge in [-0.1, -0.05) is 35.9 Å². The van der Waals surface area contributed by atoms with Gasteiger partial charge in [-0.05, 0) is 73.2 Å². The second-order valence-corrected chi connectivity index (χ2v) is 8.78. The normalized spacial score (nSPS) is 10.5. The van der Waals surface area contributed by atoms with Crippen LogP contribution < -0.4 is 30.3 Å². The molecule has 0 aliphatic carbocycles. The molecule has 3 amide bonds. The van der Waals surface area contributed by atoms with Gasteiger partial charge in [0.15, 0.2) is 18.1 Å². The lowest BCUT2D eigenvalue weighted by molar-refractivity contribution is -0.136. The van der Waals surface area contributed by atoms with Crippen molar-refractivity contribution in [3.05, 3.63) is 88.9 Å². The molecule has 0 unspecified atom stereocenters. The van der Waals surface area contributed by atoms with E-state index in [1.165, 1.54) is 6.21 Å². The van der Waals surface area contributed by atoms with E-state index in [4.69, 9.17) is 37.4 Å². The van der Waals surface area contributed by atoms with Crippen molar-refractivity contribution >= 4 is 58.5 Å². The molecule has 40 heavy (non-hydrogen) atoms. The Balaban J connectivity index is 1.53. The van der Waals surface area contributed by atoms with E-state index in [9.17, 15) is 14.4 Å². The third kappa shape index (κ3) is 9.64. The van der Waals surface area contributed by atoms with Gasteiger partial charge in [-0.3, -0.25) is 14.4 Å². The maximum atomic E-state index is 12.3. The molecule has 3 N–H and O–H groups in total. The van der Waals surface area contributed by atoms with Gasteiger partial charge in [0.1, 0.15) is 12.4 Å². The molecule has 0 heterocycles. The first-order valence-electron chi connectivity index (χ1n) is 11.9. The Labute approximate surface area is 240 Å². The number of hydrogen-bond acceptors (Lipinski definition) is 7. The molecular weight excluding hydrogens is 559 g/mol. The van der Waals surface area contributed by atoms with Crippen molar-refractivity contribution in [1.82, 2.24) is 5.43 Å². The quantitative estimate of drug-likeness (QED) is 0.118. The van der Waals surface area contributed by atoms with E-state index in [1.807, 2.05) is 0 Å². The summed E-state index contributed by atoms with van der Waals surface area (Å²) >= 11 is 11.9. The zero-order chi connectivity index (χ0) is 28.9. The van der Waals surface area contributed by atoms with Gasteiger partial charge in [-0.2, -0.15) is 5.10 Å². The number of hydrogen-bond donors (Lipinski definition) is 3. The van der Waals surface area contributed by atoms with Gasteiger partial charge in [-0.15, -0.1) is 0 Å². The van der Waals surface area contributed by atoms with E-state index in [0.717, 1.165) is 0 Å². The van der Waals surface area contributed by atoms with Crippen LogP contribution in [0.3, 0.4) is 0 Å². The standard InChI is InChI=1S/C28H26Cl2N4O6/c1-3-11-39-23-8-6-21(7-9-23)33-27(36)28(37)34-31-16-18-5-10-24(25(12-18)38-4-2)40-17-26(35)32-22-14-19(29)13-20(30)15-22/h3,5-10,12-16H,1,4,11,17H2,2H3,(H,32,35)(H,33,36)(H,34,37)/b31-16-. The van der Waals surface area contributed by atoms with Crippen LogP contribution in [0, 0.1) is 0 Å². The Morgan fingerprint density at radius 1 is 0.850 bits per heavy atom.